The van der Waals surface area contributed by atoms with Gasteiger partial charge in [-0.25, -0.2) is 0 Å². The maximum Gasteiger partial charge on any atom is 0.144 e. The van der Waals surface area contributed by atoms with Crippen molar-refractivity contribution < 1.29 is 14.3 Å². The average molecular weight is 235 g/mol. The van der Waals surface area contributed by atoms with Crippen molar-refractivity contribution in [3.05, 3.63) is 29.8 Å². The molecule has 1 aliphatic rings. The normalized spacial score (nSPS) is 23.6. The average Bonchev–Trinajstić information content (AvgIpc) is 2.76. The Morgan fingerprint density at radius 3 is 2.88 bits per heavy atom. The van der Waals surface area contributed by atoms with Crippen LogP contribution in [0.25, 0.3) is 0 Å². The molecule has 0 spiro atoms. The molecule has 1 aromatic rings. The fourth-order valence-corrected chi connectivity index (χ4v) is 2.07. The van der Waals surface area contributed by atoms with E-state index in [1.165, 1.54) is 0 Å². The molecular formula is C13H17NO3. The predicted molar refractivity (Wildman–Crippen MR) is 64.0 cm³/mol. The standard InChI is InChI=1S/C13H17NO3/c1-16-13-5-3-2-4-9(13)6-12(15)10-7-17-8-11(10)14/h2-5,10-11H,6-8,14H2,1H3. The number of carbonyl (C=O) groups excluding carboxylic acids is 1. The van der Waals surface area contributed by atoms with Gasteiger partial charge in [-0.1, -0.05) is 18.2 Å². The summed E-state index contributed by atoms with van der Waals surface area (Å²) in [7, 11) is 1.60. The van der Waals surface area contributed by atoms with E-state index < -0.39 is 0 Å². The van der Waals surface area contributed by atoms with Crippen molar-refractivity contribution in [1.29, 1.82) is 0 Å². The first-order valence-corrected chi connectivity index (χ1v) is 5.70. The zero-order chi connectivity index (χ0) is 12.3. The van der Waals surface area contributed by atoms with Crippen molar-refractivity contribution in [3.63, 3.8) is 0 Å². The van der Waals surface area contributed by atoms with Gasteiger partial charge in [-0.05, 0) is 6.07 Å². The van der Waals surface area contributed by atoms with E-state index in [4.69, 9.17) is 15.2 Å². The van der Waals surface area contributed by atoms with Crippen LogP contribution in [-0.4, -0.2) is 32.1 Å². The van der Waals surface area contributed by atoms with Gasteiger partial charge >= 0.3 is 0 Å². The highest BCUT2D eigenvalue weighted by atomic mass is 16.5. The van der Waals surface area contributed by atoms with Crippen LogP contribution in [0.1, 0.15) is 5.56 Å². The largest absolute Gasteiger partial charge is 0.496 e. The lowest BCUT2D eigenvalue weighted by atomic mass is 9.94. The van der Waals surface area contributed by atoms with Crippen LogP contribution in [0.2, 0.25) is 0 Å². The van der Waals surface area contributed by atoms with Crippen LogP contribution >= 0.6 is 0 Å². The first-order valence-electron chi connectivity index (χ1n) is 5.70. The second kappa shape index (κ2) is 5.29. The predicted octanol–water partition coefficient (Wildman–Crippen LogP) is 0.780. The number of ether oxygens (including phenoxy) is 2. The third-order valence-electron chi connectivity index (χ3n) is 3.10. The Bertz CT molecular complexity index is 405. The molecule has 2 rings (SSSR count). The van der Waals surface area contributed by atoms with E-state index in [0.29, 0.717) is 19.6 Å². The monoisotopic (exact) mass is 235 g/mol. The molecule has 2 atom stereocenters. The van der Waals surface area contributed by atoms with E-state index >= 15 is 0 Å². The molecule has 1 aliphatic heterocycles. The molecule has 0 aromatic heterocycles. The molecule has 1 aromatic carbocycles. The van der Waals surface area contributed by atoms with Crippen molar-refractivity contribution in [1.82, 2.24) is 0 Å². The van der Waals surface area contributed by atoms with E-state index in [1.54, 1.807) is 7.11 Å². The number of benzene rings is 1. The van der Waals surface area contributed by atoms with Gasteiger partial charge < -0.3 is 15.2 Å². The molecule has 0 bridgehead atoms. The lowest BCUT2D eigenvalue weighted by Gasteiger charge is -2.13. The molecule has 92 valence electrons. The van der Waals surface area contributed by atoms with E-state index in [-0.39, 0.29) is 17.7 Å². The van der Waals surface area contributed by atoms with Crippen LogP contribution in [-0.2, 0) is 16.0 Å². The quantitative estimate of drug-likeness (QED) is 0.837. The first-order chi connectivity index (χ1) is 8.22. The molecule has 4 nitrogen and oxygen atoms in total. The van der Waals surface area contributed by atoms with Crippen LogP contribution in [0.4, 0.5) is 0 Å². The number of rotatable bonds is 4. The summed E-state index contributed by atoms with van der Waals surface area (Å²) < 4.78 is 10.4. The molecule has 0 aliphatic carbocycles. The summed E-state index contributed by atoms with van der Waals surface area (Å²) >= 11 is 0. The zero-order valence-electron chi connectivity index (χ0n) is 9.89. The summed E-state index contributed by atoms with van der Waals surface area (Å²) in [6.45, 7) is 0.914. The molecule has 0 amide bonds. The smallest absolute Gasteiger partial charge is 0.144 e. The highest BCUT2D eigenvalue weighted by molar-refractivity contribution is 5.84. The van der Waals surface area contributed by atoms with Crippen molar-refractivity contribution >= 4 is 5.78 Å². The van der Waals surface area contributed by atoms with Gasteiger partial charge in [0.25, 0.3) is 0 Å². The van der Waals surface area contributed by atoms with E-state index in [0.717, 1.165) is 11.3 Å². The topological polar surface area (TPSA) is 61.5 Å². The molecule has 4 heteroatoms. The van der Waals surface area contributed by atoms with Crippen LogP contribution in [0.15, 0.2) is 24.3 Å². The maximum absolute atomic E-state index is 12.1. The fourth-order valence-electron chi connectivity index (χ4n) is 2.07. The van der Waals surface area contributed by atoms with Crippen molar-refractivity contribution in [2.45, 2.75) is 12.5 Å². The Morgan fingerprint density at radius 2 is 2.24 bits per heavy atom. The minimum atomic E-state index is -0.181. The van der Waals surface area contributed by atoms with E-state index in [1.807, 2.05) is 24.3 Å². The highest BCUT2D eigenvalue weighted by Gasteiger charge is 2.31. The Balaban J connectivity index is 2.07. The molecule has 1 saturated heterocycles. The summed E-state index contributed by atoms with van der Waals surface area (Å²) in [5.41, 5.74) is 6.73. The number of carbonyl (C=O) groups is 1. The number of nitrogens with two attached hydrogens (primary N) is 1. The number of methoxy groups -OCH3 is 1. The number of hydrogen-bond acceptors (Lipinski definition) is 4. The lowest BCUT2D eigenvalue weighted by Crippen LogP contribution is -2.34. The lowest BCUT2D eigenvalue weighted by molar-refractivity contribution is -0.122. The molecule has 17 heavy (non-hydrogen) atoms. The number of Topliss-reactive ketones (excluding diaryl/α,β-unsaturated/α-hetero) is 1. The third kappa shape index (κ3) is 2.65. The van der Waals surface area contributed by atoms with Gasteiger partial charge in [0, 0.05) is 18.0 Å². The summed E-state index contributed by atoms with van der Waals surface area (Å²) in [5.74, 6) is 0.688. The summed E-state index contributed by atoms with van der Waals surface area (Å²) in [6, 6.07) is 7.37. The van der Waals surface area contributed by atoms with Gasteiger partial charge in [0.2, 0.25) is 0 Å². The van der Waals surface area contributed by atoms with Gasteiger partial charge in [0.15, 0.2) is 0 Å². The molecular weight excluding hydrogens is 218 g/mol. The highest BCUT2D eigenvalue weighted by Crippen LogP contribution is 2.21. The number of ketones is 1. The molecule has 0 radical (unpaired) electrons. The van der Waals surface area contributed by atoms with Gasteiger partial charge in [-0.3, -0.25) is 4.79 Å². The fraction of sp³-hybridized carbons (Fsp3) is 0.462. The summed E-state index contributed by atoms with van der Waals surface area (Å²) in [6.07, 6.45) is 0.353. The Hall–Kier alpha value is -1.39. The van der Waals surface area contributed by atoms with Gasteiger partial charge in [-0.2, -0.15) is 0 Å². The zero-order valence-corrected chi connectivity index (χ0v) is 9.89. The summed E-state index contributed by atoms with van der Waals surface area (Å²) in [4.78, 5) is 12.1. The Kier molecular flexibility index (Phi) is 3.76. The van der Waals surface area contributed by atoms with Gasteiger partial charge in [-0.15, -0.1) is 0 Å². The number of para-hydroxylation sites is 1. The van der Waals surface area contributed by atoms with Crippen molar-refractivity contribution in [2.75, 3.05) is 20.3 Å². The minimum absolute atomic E-state index is 0.125. The molecule has 2 N–H and O–H groups in total. The first kappa shape index (κ1) is 12.1. The van der Waals surface area contributed by atoms with E-state index in [2.05, 4.69) is 0 Å². The second-order valence-corrected chi connectivity index (χ2v) is 4.26. The van der Waals surface area contributed by atoms with Crippen LogP contribution < -0.4 is 10.5 Å². The van der Waals surface area contributed by atoms with Gasteiger partial charge in [0.05, 0.1) is 26.2 Å². The Morgan fingerprint density at radius 1 is 1.47 bits per heavy atom. The second-order valence-electron chi connectivity index (χ2n) is 4.26. The van der Waals surface area contributed by atoms with Crippen LogP contribution in [0.5, 0.6) is 5.75 Å². The molecule has 1 fully saturated rings. The van der Waals surface area contributed by atoms with Crippen LogP contribution in [0.3, 0.4) is 0 Å². The van der Waals surface area contributed by atoms with Gasteiger partial charge in [0.1, 0.15) is 11.5 Å². The molecule has 0 saturated carbocycles. The van der Waals surface area contributed by atoms with Crippen molar-refractivity contribution in [2.24, 2.45) is 11.7 Å². The molecule has 2 unspecified atom stereocenters. The van der Waals surface area contributed by atoms with E-state index in [9.17, 15) is 4.79 Å². The SMILES string of the molecule is COc1ccccc1CC(=O)C1COCC1N. The Labute approximate surface area is 101 Å². The van der Waals surface area contributed by atoms with Crippen molar-refractivity contribution in [3.8, 4) is 5.75 Å². The third-order valence-corrected chi connectivity index (χ3v) is 3.10. The van der Waals surface area contributed by atoms with Crippen LogP contribution in [0, 0.1) is 5.92 Å². The number of hydrogen-bond donors (Lipinski definition) is 1. The maximum atomic E-state index is 12.1. The molecule has 1 heterocycles. The summed E-state index contributed by atoms with van der Waals surface area (Å²) in [5, 5.41) is 0. The minimum Gasteiger partial charge on any atom is -0.496 e.